The number of ether oxygens (including phenoxy) is 1. The quantitative estimate of drug-likeness (QED) is 0.442. The number of nitrogens with one attached hydrogen (secondary N) is 2. The number of carbonyl (C=O) groups excluding carboxylic acids is 2. The first-order valence-corrected chi connectivity index (χ1v) is 11.4. The van der Waals surface area contributed by atoms with Gasteiger partial charge < -0.3 is 30.3 Å². The number of benzene rings is 1. The molecule has 9 nitrogen and oxygen atoms in total. The zero-order valence-electron chi connectivity index (χ0n) is 19.1. The summed E-state index contributed by atoms with van der Waals surface area (Å²) in [6.45, 7) is 2.58. The van der Waals surface area contributed by atoms with E-state index < -0.39 is 12.0 Å². The van der Waals surface area contributed by atoms with E-state index >= 15 is 0 Å². The number of carbonyl (C=O) groups is 2. The molecule has 34 heavy (non-hydrogen) atoms. The standard InChI is InChI=1S/C24H28ClN5O4/c1-16-3-8-19(13-26-16)34-23-28-21(27-15-31)20(22(32)29(2)12-11-24(33)9-10-24)30(23)14-17-4-6-18(25)7-5-17/h3-8,13,15,23,28,33H,9-12,14H2,1-2H3,(H,27,31). The summed E-state index contributed by atoms with van der Waals surface area (Å²) in [7, 11) is 1.68. The molecule has 1 unspecified atom stereocenters. The Bertz CT molecular complexity index is 1070. The average molecular weight is 486 g/mol. The van der Waals surface area contributed by atoms with Crippen LogP contribution in [0.2, 0.25) is 5.02 Å². The van der Waals surface area contributed by atoms with Crippen molar-refractivity contribution in [3.8, 4) is 5.75 Å². The van der Waals surface area contributed by atoms with Crippen LogP contribution in [-0.2, 0) is 16.1 Å². The zero-order chi connectivity index (χ0) is 24.3. The molecule has 2 amide bonds. The summed E-state index contributed by atoms with van der Waals surface area (Å²) in [6, 6.07) is 10.9. The van der Waals surface area contributed by atoms with Gasteiger partial charge in [0.2, 0.25) is 6.41 Å². The third-order valence-electron chi connectivity index (χ3n) is 5.97. The lowest BCUT2D eigenvalue weighted by Gasteiger charge is -2.30. The number of hydrogen-bond donors (Lipinski definition) is 3. The van der Waals surface area contributed by atoms with Crippen molar-refractivity contribution in [1.82, 2.24) is 25.4 Å². The molecule has 2 aliphatic rings. The van der Waals surface area contributed by atoms with Gasteiger partial charge in [0.05, 0.1) is 11.8 Å². The molecule has 0 saturated heterocycles. The number of aryl methyl sites for hydroxylation is 1. The van der Waals surface area contributed by atoms with Crippen LogP contribution in [0.15, 0.2) is 54.1 Å². The molecule has 1 aromatic carbocycles. The summed E-state index contributed by atoms with van der Waals surface area (Å²) in [5.41, 5.74) is 1.33. The van der Waals surface area contributed by atoms with Crippen LogP contribution in [-0.4, -0.2) is 57.8 Å². The van der Waals surface area contributed by atoms with Gasteiger partial charge in [-0.1, -0.05) is 23.7 Å². The average Bonchev–Trinajstić information content (AvgIpc) is 3.47. The third kappa shape index (κ3) is 5.60. The molecule has 180 valence electrons. The Morgan fingerprint density at radius 1 is 1.35 bits per heavy atom. The summed E-state index contributed by atoms with van der Waals surface area (Å²) in [5.74, 6) is 0.451. The first-order chi connectivity index (χ1) is 16.3. The van der Waals surface area contributed by atoms with Gasteiger partial charge >= 0.3 is 0 Å². The molecule has 3 N–H and O–H groups in total. The SMILES string of the molecule is Cc1ccc(OC2NC(NC=O)=C(C(=O)N(C)CCC3(O)CC3)N2Cc2ccc(Cl)cc2)cn1. The maximum Gasteiger partial charge on any atom is 0.273 e. The van der Waals surface area contributed by atoms with Gasteiger partial charge in [0.15, 0.2) is 0 Å². The lowest BCUT2D eigenvalue weighted by molar-refractivity contribution is -0.129. The smallest absolute Gasteiger partial charge is 0.273 e. The summed E-state index contributed by atoms with van der Waals surface area (Å²) < 4.78 is 6.12. The molecular weight excluding hydrogens is 458 g/mol. The van der Waals surface area contributed by atoms with E-state index in [4.69, 9.17) is 16.3 Å². The minimum absolute atomic E-state index is 0.246. The molecule has 4 rings (SSSR count). The van der Waals surface area contributed by atoms with Gasteiger partial charge in [0.1, 0.15) is 17.3 Å². The topological polar surface area (TPSA) is 107 Å². The summed E-state index contributed by atoms with van der Waals surface area (Å²) in [4.78, 5) is 32.4. The minimum Gasteiger partial charge on any atom is -0.451 e. The van der Waals surface area contributed by atoms with E-state index in [1.54, 1.807) is 41.2 Å². The first kappa shape index (κ1) is 23.8. The van der Waals surface area contributed by atoms with Gasteiger partial charge in [-0.25, -0.2) is 0 Å². The van der Waals surface area contributed by atoms with Crippen molar-refractivity contribution in [2.45, 2.75) is 44.7 Å². The number of amides is 2. The molecule has 1 aliphatic carbocycles. The van der Waals surface area contributed by atoms with E-state index in [9.17, 15) is 14.7 Å². The minimum atomic E-state index is -0.775. The Morgan fingerprint density at radius 3 is 2.71 bits per heavy atom. The van der Waals surface area contributed by atoms with Gasteiger partial charge in [-0.3, -0.25) is 14.6 Å². The maximum atomic E-state index is 13.5. The highest BCUT2D eigenvalue weighted by Gasteiger charge is 2.42. The number of aromatic nitrogens is 1. The van der Waals surface area contributed by atoms with Gasteiger partial charge in [-0.05, 0) is 56.0 Å². The van der Waals surface area contributed by atoms with Crippen LogP contribution in [0, 0.1) is 6.92 Å². The van der Waals surface area contributed by atoms with Crippen molar-refractivity contribution in [3.63, 3.8) is 0 Å². The van der Waals surface area contributed by atoms with Crippen molar-refractivity contribution >= 4 is 23.9 Å². The summed E-state index contributed by atoms with van der Waals surface area (Å²) in [5, 5.41) is 16.5. The summed E-state index contributed by atoms with van der Waals surface area (Å²) >= 11 is 6.04. The Labute approximate surface area is 203 Å². The number of aliphatic hydroxyl groups is 1. The molecule has 2 aromatic rings. The third-order valence-corrected chi connectivity index (χ3v) is 6.22. The predicted octanol–water partition coefficient (Wildman–Crippen LogP) is 2.10. The lowest BCUT2D eigenvalue weighted by atomic mass is 10.2. The number of nitrogens with zero attached hydrogens (tertiary/aromatic N) is 3. The molecule has 2 heterocycles. The van der Waals surface area contributed by atoms with Crippen molar-refractivity contribution in [3.05, 3.63) is 70.4 Å². The molecular formula is C24H28ClN5O4. The van der Waals surface area contributed by atoms with E-state index in [1.165, 1.54) is 0 Å². The van der Waals surface area contributed by atoms with Crippen LogP contribution in [0.3, 0.4) is 0 Å². The van der Waals surface area contributed by atoms with E-state index in [-0.39, 0.29) is 17.4 Å². The fourth-order valence-corrected chi connectivity index (χ4v) is 3.80. The van der Waals surface area contributed by atoms with E-state index in [2.05, 4.69) is 15.6 Å². The highest BCUT2D eigenvalue weighted by Crippen LogP contribution is 2.38. The van der Waals surface area contributed by atoms with Crippen LogP contribution >= 0.6 is 11.6 Å². The largest absolute Gasteiger partial charge is 0.451 e. The lowest BCUT2D eigenvalue weighted by Crippen LogP contribution is -2.44. The first-order valence-electron chi connectivity index (χ1n) is 11.1. The van der Waals surface area contributed by atoms with Crippen molar-refractivity contribution in [2.75, 3.05) is 13.6 Å². The van der Waals surface area contributed by atoms with Crippen molar-refractivity contribution in [1.29, 1.82) is 0 Å². The van der Waals surface area contributed by atoms with Gasteiger partial charge in [-0.2, -0.15) is 0 Å². The fraction of sp³-hybridized carbons (Fsp3) is 0.375. The van der Waals surface area contributed by atoms with Crippen molar-refractivity contribution < 1.29 is 19.4 Å². The number of pyridine rings is 1. The number of likely N-dealkylation sites (N-methyl/N-ethyl adjacent to an activating group) is 1. The molecule has 1 atom stereocenters. The van der Waals surface area contributed by atoms with Crippen LogP contribution in [0.4, 0.5) is 0 Å². The van der Waals surface area contributed by atoms with Gasteiger partial charge in [0.25, 0.3) is 12.3 Å². The molecule has 1 fully saturated rings. The second kappa shape index (κ2) is 9.90. The Hall–Kier alpha value is -3.30. The van der Waals surface area contributed by atoms with Crippen LogP contribution in [0.25, 0.3) is 0 Å². The van der Waals surface area contributed by atoms with E-state index in [0.717, 1.165) is 24.1 Å². The zero-order valence-corrected chi connectivity index (χ0v) is 19.9. The molecule has 10 heteroatoms. The molecule has 0 bridgehead atoms. The second-order valence-electron chi connectivity index (χ2n) is 8.69. The Morgan fingerprint density at radius 2 is 2.09 bits per heavy atom. The number of hydrogen-bond acceptors (Lipinski definition) is 7. The predicted molar refractivity (Wildman–Crippen MR) is 126 cm³/mol. The van der Waals surface area contributed by atoms with Crippen LogP contribution in [0.1, 0.15) is 30.5 Å². The fourth-order valence-electron chi connectivity index (χ4n) is 3.68. The molecule has 0 radical (unpaired) electrons. The molecule has 1 aromatic heterocycles. The second-order valence-corrected chi connectivity index (χ2v) is 9.13. The van der Waals surface area contributed by atoms with Gasteiger partial charge in [0, 0.05) is 30.9 Å². The monoisotopic (exact) mass is 485 g/mol. The molecule has 1 saturated carbocycles. The Kier molecular flexibility index (Phi) is 6.95. The van der Waals surface area contributed by atoms with E-state index in [1.807, 2.05) is 25.1 Å². The van der Waals surface area contributed by atoms with Crippen molar-refractivity contribution in [2.24, 2.45) is 0 Å². The van der Waals surface area contributed by atoms with Gasteiger partial charge in [-0.15, -0.1) is 0 Å². The highest BCUT2D eigenvalue weighted by molar-refractivity contribution is 6.30. The summed E-state index contributed by atoms with van der Waals surface area (Å²) in [6.07, 6.45) is 3.34. The number of rotatable bonds is 10. The normalized spacial score (nSPS) is 18.4. The van der Waals surface area contributed by atoms with E-state index in [0.29, 0.717) is 36.7 Å². The number of halogens is 1. The highest BCUT2D eigenvalue weighted by atomic mass is 35.5. The van der Waals surface area contributed by atoms with Crippen LogP contribution < -0.4 is 15.4 Å². The molecule has 0 spiro atoms. The molecule has 1 aliphatic heterocycles. The Balaban J connectivity index is 1.61. The maximum absolute atomic E-state index is 13.5. The van der Waals surface area contributed by atoms with Crippen LogP contribution in [0.5, 0.6) is 5.75 Å².